The largest absolute Gasteiger partial charge is 0.325 e. The molecule has 1 rings (SSSR count). The molecule has 0 amide bonds. The van der Waals surface area contributed by atoms with Crippen molar-refractivity contribution in [2.45, 2.75) is 19.0 Å². The summed E-state index contributed by atoms with van der Waals surface area (Å²) >= 11 is 0. The zero-order valence-corrected chi connectivity index (χ0v) is 8.34. The number of sulfone groups is 1. The topological polar surface area (TPSA) is 63.4 Å². The van der Waals surface area contributed by atoms with E-state index in [1.54, 1.807) is 0 Å². The average Bonchev–Trinajstić information content (AvgIpc) is 2.23. The number of rotatable bonds is 2. The second-order valence-corrected chi connectivity index (χ2v) is 5.54. The predicted octanol–water partition coefficient (Wildman–Crippen LogP) is -0.938. The first-order valence-corrected chi connectivity index (χ1v) is 5.94. The zero-order chi connectivity index (χ0) is 9.35. The maximum absolute atomic E-state index is 11.2. The molecule has 1 heterocycles. The van der Waals surface area contributed by atoms with Crippen molar-refractivity contribution in [1.29, 1.82) is 0 Å². The van der Waals surface area contributed by atoms with Crippen LogP contribution in [0.1, 0.15) is 6.92 Å². The molecule has 0 aromatic rings. The fourth-order valence-corrected chi connectivity index (χ4v) is 3.51. The summed E-state index contributed by atoms with van der Waals surface area (Å²) in [7, 11) is -0.958. The molecular formula is C7H16N2O2S. The van der Waals surface area contributed by atoms with Crippen LogP contribution in [0.2, 0.25) is 0 Å². The maximum atomic E-state index is 11.2. The summed E-state index contributed by atoms with van der Waals surface area (Å²) in [6.07, 6.45) is 0. The van der Waals surface area contributed by atoms with E-state index in [9.17, 15) is 8.42 Å². The summed E-state index contributed by atoms with van der Waals surface area (Å²) in [5.41, 5.74) is 5.71. The van der Waals surface area contributed by atoms with E-state index in [1.165, 1.54) is 0 Å². The minimum absolute atomic E-state index is 0.0139. The van der Waals surface area contributed by atoms with E-state index >= 15 is 0 Å². The number of hydrogen-bond acceptors (Lipinski definition) is 4. The van der Waals surface area contributed by atoms with Gasteiger partial charge in [0.25, 0.3) is 0 Å². The van der Waals surface area contributed by atoms with Crippen molar-refractivity contribution < 1.29 is 8.42 Å². The van der Waals surface area contributed by atoms with E-state index < -0.39 is 9.84 Å². The second kappa shape index (κ2) is 3.32. The van der Waals surface area contributed by atoms with Crippen LogP contribution in [0, 0.1) is 0 Å². The predicted molar refractivity (Wildman–Crippen MR) is 48.7 cm³/mol. The van der Waals surface area contributed by atoms with Crippen LogP contribution < -0.4 is 5.73 Å². The highest BCUT2D eigenvalue weighted by Crippen LogP contribution is 2.15. The number of nitrogens with zero attached hydrogens (tertiary/aromatic N) is 1. The van der Waals surface area contributed by atoms with E-state index in [0.717, 1.165) is 6.54 Å². The van der Waals surface area contributed by atoms with Crippen molar-refractivity contribution in [1.82, 2.24) is 4.90 Å². The fraction of sp³-hybridized carbons (Fsp3) is 1.00. The smallest absolute Gasteiger partial charge is 0.153 e. The maximum Gasteiger partial charge on any atom is 0.153 e. The summed E-state index contributed by atoms with van der Waals surface area (Å²) < 4.78 is 22.3. The minimum Gasteiger partial charge on any atom is -0.325 e. The molecule has 2 atom stereocenters. The van der Waals surface area contributed by atoms with Gasteiger partial charge < -0.3 is 10.6 Å². The molecule has 1 saturated heterocycles. The van der Waals surface area contributed by atoms with Gasteiger partial charge in [0.15, 0.2) is 9.84 Å². The third-order valence-electron chi connectivity index (χ3n) is 2.43. The van der Waals surface area contributed by atoms with Crippen molar-refractivity contribution >= 4 is 9.84 Å². The van der Waals surface area contributed by atoms with Gasteiger partial charge >= 0.3 is 0 Å². The van der Waals surface area contributed by atoms with Gasteiger partial charge in [-0.2, -0.15) is 0 Å². The third kappa shape index (κ3) is 1.97. The van der Waals surface area contributed by atoms with Crippen molar-refractivity contribution in [2.24, 2.45) is 5.73 Å². The Morgan fingerprint density at radius 3 is 2.42 bits per heavy atom. The highest BCUT2D eigenvalue weighted by Gasteiger charge is 2.36. The number of nitrogens with two attached hydrogens (primary N) is 1. The first-order valence-electron chi connectivity index (χ1n) is 4.12. The molecule has 2 unspecified atom stereocenters. The highest BCUT2D eigenvalue weighted by molar-refractivity contribution is 7.91. The Bertz CT molecular complexity index is 250. The van der Waals surface area contributed by atoms with Gasteiger partial charge in [0.1, 0.15) is 0 Å². The van der Waals surface area contributed by atoms with Crippen LogP contribution in [0.5, 0.6) is 0 Å². The van der Waals surface area contributed by atoms with E-state index in [2.05, 4.69) is 0 Å². The van der Waals surface area contributed by atoms with Gasteiger partial charge in [-0.1, -0.05) is 6.92 Å². The minimum atomic E-state index is -2.87. The second-order valence-electron chi connectivity index (χ2n) is 3.38. The molecule has 1 aliphatic heterocycles. The molecule has 4 nitrogen and oxygen atoms in total. The Balaban J connectivity index is 2.70. The van der Waals surface area contributed by atoms with Gasteiger partial charge in [0.05, 0.1) is 11.5 Å². The first kappa shape index (κ1) is 9.95. The average molecular weight is 192 g/mol. The van der Waals surface area contributed by atoms with E-state index in [0.29, 0.717) is 0 Å². The van der Waals surface area contributed by atoms with E-state index in [4.69, 9.17) is 5.73 Å². The van der Waals surface area contributed by atoms with Crippen molar-refractivity contribution in [3.63, 3.8) is 0 Å². The van der Waals surface area contributed by atoms with Gasteiger partial charge in [0.2, 0.25) is 0 Å². The molecule has 0 bridgehead atoms. The van der Waals surface area contributed by atoms with Crippen molar-refractivity contribution in [3.8, 4) is 0 Å². The molecule has 0 aromatic carbocycles. The normalized spacial score (nSPS) is 34.3. The zero-order valence-electron chi connectivity index (χ0n) is 7.53. The fourth-order valence-electron chi connectivity index (χ4n) is 1.54. The van der Waals surface area contributed by atoms with Crippen molar-refractivity contribution in [2.75, 3.05) is 25.1 Å². The molecule has 0 aromatic heterocycles. The molecule has 0 aliphatic carbocycles. The lowest BCUT2D eigenvalue weighted by Crippen LogP contribution is -2.44. The summed E-state index contributed by atoms with van der Waals surface area (Å²) in [4.78, 5) is 2.00. The Kier molecular flexibility index (Phi) is 2.75. The number of likely N-dealkylation sites (N-methyl/N-ethyl adjacent to an activating group) is 1. The van der Waals surface area contributed by atoms with E-state index in [-0.39, 0.29) is 23.6 Å². The number of hydrogen-bond donors (Lipinski definition) is 1. The Morgan fingerprint density at radius 2 is 2.08 bits per heavy atom. The summed E-state index contributed by atoms with van der Waals surface area (Å²) in [5, 5.41) is 0. The third-order valence-corrected chi connectivity index (χ3v) is 4.17. The van der Waals surface area contributed by atoms with Crippen LogP contribution in [-0.2, 0) is 9.84 Å². The van der Waals surface area contributed by atoms with Gasteiger partial charge in [-0.3, -0.25) is 0 Å². The van der Waals surface area contributed by atoms with Gasteiger partial charge in [-0.25, -0.2) is 8.42 Å². The quantitative estimate of drug-likeness (QED) is 0.613. The van der Waals surface area contributed by atoms with Gasteiger partial charge in [-0.15, -0.1) is 0 Å². The molecule has 72 valence electrons. The Labute approximate surface area is 73.6 Å². The van der Waals surface area contributed by atoms with Crippen LogP contribution >= 0.6 is 0 Å². The van der Waals surface area contributed by atoms with Gasteiger partial charge in [-0.05, 0) is 13.6 Å². The van der Waals surface area contributed by atoms with Crippen LogP contribution in [0.4, 0.5) is 0 Å². The summed E-state index contributed by atoms with van der Waals surface area (Å²) in [6.45, 7) is 2.84. The molecule has 0 spiro atoms. The molecule has 0 saturated carbocycles. The molecule has 2 N–H and O–H groups in total. The molecule has 5 heteroatoms. The van der Waals surface area contributed by atoms with E-state index in [1.807, 2.05) is 18.9 Å². The highest BCUT2D eigenvalue weighted by atomic mass is 32.2. The molecule has 1 fully saturated rings. The molecule has 12 heavy (non-hydrogen) atoms. The monoisotopic (exact) mass is 192 g/mol. The SMILES string of the molecule is CCN(C)C1CS(=O)(=O)CC1N. The molecular weight excluding hydrogens is 176 g/mol. The lowest BCUT2D eigenvalue weighted by atomic mass is 10.1. The van der Waals surface area contributed by atoms with Crippen LogP contribution in [0.3, 0.4) is 0 Å². The standard InChI is InChI=1S/C7H16N2O2S/c1-3-9(2)7-5-12(10,11)4-6(7)8/h6-7H,3-5,8H2,1-2H3. The summed E-state index contributed by atoms with van der Waals surface area (Å²) in [6, 6.07) is -0.194. The van der Waals surface area contributed by atoms with Gasteiger partial charge in [0, 0.05) is 12.1 Å². The lowest BCUT2D eigenvalue weighted by molar-refractivity contribution is 0.256. The summed E-state index contributed by atoms with van der Waals surface area (Å²) in [5.74, 6) is 0.362. The molecule has 0 radical (unpaired) electrons. The lowest BCUT2D eigenvalue weighted by Gasteiger charge is -2.24. The Morgan fingerprint density at radius 1 is 1.50 bits per heavy atom. The first-order chi connectivity index (χ1) is 5.46. The van der Waals surface area contributed by atoms with Crippen molar-refractivity contribution in [3.05, 3.63) is 0 Å². The molecule has 1 aliphatic rings. The van der Waals surface area contributed by atoms with Crippen LogP contribution in [0.25, 0.3) is 0 Å². The Hall–Kier alpha value is -0.130. The van der Waals surface area contributed by atoms with Crippen LogP contribution in [-0.4, -0.2) is 50.5 Å². The van der Waals surface area contributed by atoms with Crippen LogP contribution in [0.15, 0.2) is 0 Å².